The number of anilines is 1. The van der Waals surface area contributed by atoms with Crippen molar-refractivity contribution >= 4 is 16.7 Å². The highest BCUT2D eigenvalue weighted by atomic mass is 19.1. The first-order valence-corrected chi connectivity index (χ1v) is 7.18. The number of nitrogens with two attached hydrogens (primary N) is 1. The average Bonchev–Trinajstić information content (AvgIpc) is 3.23. The number of nitrogens with zero attached hydrogens (tertiary/aromatic N) is 2. The van der Waals surface area contributed by atoms with Gasteiger partial charge in [0.05, 0.1) is 16.7 Å². The predicted octanol–water partition coefficient (Wildman–Crippen LogP) is 3.93. The van der Waals surface area contributed by atoms with E-state index in [1.54, 1.807) is 6.07 Å². The molecule has 0 bridgehead atoms. The van der Waals surface area contributed by atoms with E-state index >= 15 is 0 Å². The third kappa shape index (κ3) is 1.98. The number of hydrogen-bond donors (Lipinski definition) is 1. The Morgan fingerprint density at radius 1 is 1.19 bits per heavy atom. The van der Waals surface area contributed by atoms with Crippen molar-refractivity contribution in [2.45, 2.75) is 25.7 Å². The second-order valence-corrected chi connectivity index (χ2v) is 5.78. The number of halogens is 1. The van der Waals surface area contributed by atoms with E-state index in [4.69, 9.17) is 10.7 Å². The molecule has 0 saturated heterocycles. The van der Waals surface area contributed by atoms with Crippen molar-refractivity contribution < 1.29 is 4.39 Å². The van der Waals surface area contributed by atoms with Crippen molar-refractivity contribution in [3.63, 3.8) is 0 Å². The molecular formula is C17H16FN3. The van der Waals surface area contributed by atoms with E-state index in [2.05, 4.69) is 0 Å². The van der Waals surface area contributed by atoms with Crippen LogP contribution in [0.3, 0.4) is 0 Å². The number of aromatic nitrogens is 2. The molecule has 2 N–H and O–H groups in total. The van der Waals surface area contributed by atoms with E-state index in [1.807, 2.05) is 35.8 Å². The van der Waals surface area contributed by atoms with Gasteiger partial charge < -0.3 is 5.73 Å². The minimum absolute atomic E-state index is 0.223. The summed E-state index contributed by atoms with van der Waals surface area (Å²) < 4.78 is 16.3. The fourth-order valence-electron chi connectivity index (χ4n) is 2.78. The maximum atomic E-state index is 14.3. The predicted molar refractivity (Wildman–Crippen MR) is 82.2 cm³/mol. The molecule has 1 aliphatic rings. The molecule has 1 saturated carbocycles. The topological polar surface area (TPSA) is 43.8 Å². The third-order valence-electron chi connectivity index (χ3n) is 3.99. The second-order valence-electron chi connectivity index (χ2n) is 5.78. The number of nitrogen functional groups attached to an aromatic ring is 1. The minimum atomic E-state index is -0.223. The van der Waals surface area contributed by atoms with E-state index in [1.165, 1.54) is 6.07 Å². The van der Waals surface area contributed by atoms with Gasteiger partial charge in [0.2, 0.25) is 0 Å². The van der Waals surface area contributed by atoms with E-state index in [-0.39, 0.29) is 5.82 Å². The normalized spacial score (nSPS) is 14.8. The van der Waals surface area contributed by atoms with E-state index in [0.29, 0.717) is 17.3 Å². The molecule has 106 valence electrons. The molecule has 2 aromatic carbocycles. The monoisotopic (exact) mass is 281 g/mol. The van der Waals surface area contributed by atoms with Crippen LogP contribution in [0.5, 0.6) is 0 Å². The van der Waals surface area contributed by atoms with Crippen LogP contribution < -0.4 is 5.73 Å². The second kappa shape index (κ2) is 4.32. The van der Waals surface area contributed by atoms with Gasteiger partial charge in [0.15, 0.2) is 0 Å². The summed E-state index contributed by atoms with van der Waals surface area (Å²) in [6.45, 7) is 1.97. The van der Waals surface area contributed by atoms with E-state index in [0.717, 1.165) is 35.3 Å². The molecule has 0 radical (unpaired) electrons. The molecule has 21 heavy (non-hydrogen) atoms. The maximum absolute atomic E-state index is 14.3. The van der Waals surface area contributed by atoms with Crippen LogP contribution in [0.2, 0.25) is 0 Å². The van der Waals surface area contributed by atoms with Gasteiger partial charge in [0.1, 0.15) is 11.6 Å². The van der Waals surface area contributed by atoms with Gasteiger partial charge >= 0.3 is 0 Å². The molecule has 0 atom stereocenters. The number of hydrogen-bond acceptors (Lipinski definition) is 2. The van der Waals surface area contributed by atoms with Crippen LogP contribution in [0.25, 0.3) is 16.7 Å². The van der Waals surface area contributed by atoms with Gasteiger partial charge in [-0.05, 0) is 55.7 Å². The molecule has 0 spiro atoms. The fraction of sp³-hybridized carbons (Fsp3) is 0.235. The number of benzene rings is 2. The first-order chi connectivity index (χ1) is 10.1. The average molecular weight is 281 g/mol. The summed E-state index contributed by atoms with van der Waals surface area (Å²) in [4.78, 5) is 4.70. The summed E-state index contributed by atoms with van der Waals surface area (Å²) >= 11 is 0. The fourth-order valence-corrected chi connectivity index (χ4v) is 2.78. The van der Waals surface area contributed by atoms with Crippen molar-refractivity contribution in [1.29, 1.82) is 0 Å². The quantitative estimate of drug-likeness (QED) is 0.723. The van der Waals surface area contributed by atoms with Crippen LogP contribution in [-0.2, 0) is 0 Å². The summed E-state index contributed by atoms with van der Waals surface area (Å²) in [5.74, 6) is 1.15. The zero-order valence-corrected chi connectivity index (χ0v) is 11.8. The molecule has 3 aromatic rings. The van der Waals surface area contributed by atoms with Gasteiger partial charge in [-0.15, -0.1) is 0 Å². The molecule has 1 heterocycles. The number of rotatable bonds is 2. The smallest absolute Gasteiger partial charge is 0.147 e. The lowest BCUT2D eigenvalue weighted by Gasteiger charge is -2.11. The maximum Gasteiger partial charge on any atom is 0.147 e. The minimum Gasteiger partial charge on any atom is -0.399 e. The molecule has 4 rings (SSSR count). The number of aryl methyl sites for hydroxylation is 1. The van der Waals surface area contributed by atoms with Crippen LogP contribution >= 0.6 is 0 Å². The van der Waals surface area contributed by atoms with Gasteiger partial charge in [-0.25, -0.2) is 9.37 Å². The largest absolute Gasteiger partial charge is 0.399 e. The molecule has 1 aromatic heterocycles. The van der Waals surface area contributed by atoms with E-state index in [9.17, 15) is 4.39 Å². The van der Waals surface area contributed by atoms with E-state index < -0.39 is 0 Å². The Hall–Kier alpha value is -2.36. The molecule has 0 amide bonds. The highest BCUT2D eigenvalue weighted by molar-refractivity contribution is 5.82. The molecule has 0 unspecified atom stereocenters. The van der Waals surface area contributed by atoms with Gasteiger partial charge in [-0.3, -0.25) is 4.57 Å². The Kier molecular flexibility index (Phi) is 2.55. The van der Waals surface area contributed by atoms with Gasteiger partial charge in [0.25, 0.3) is 0 Å². The van der Waals surface area contributed by atoms with Gasteiger partial charge in [-0.2, -0.15) is 0 Å². The van der Waals surface area contributed by atoms with Crippen molar-refractivity contribution in [3.8, 4) is 5.69 Å². The number of fused-ring (bicyclic) bond motifs is 1. The molecule has 0 aliphatic heterocycles. The van der Waals surface area contributed by atoms with Crippen LogP contribution in [0, 0.1) is 12.7 Å². The zero-order valence-electron chi connectivity index (χ0n) is 11.8. The molecule has 1 fully saturated rings. The van der Waals surface area contributed by atoms with Crippen molar-refractivity contribution in [2.24, 2.45) is 0 Å². The van der Waals surface area contributed by atoms with Crippen LogP contribution in [0.15, 0.2) is 36.4 Å². The Bertz CT molecular complexity index is 847. The third-order valence-corrected chi connectivity index (χ3v) is 3.99. The lowest BCUT2D eigenvalue weighted by atomic mass is 10.2. The summed E-state index contributed by atoms with van der Waals surface area (Å²) in [6.07, 6.45) is 2.23. The molecule has 4 heteroatoms. The van der Waals surface area contributed by atoms with Crippen molar-refractivity contribution in [2.75, 3.05) is 5.73 Å². The van der Waals surface area contributed by atoms with Crippen molar-refractivity contribution in [3.05, 3.63) is 53.6 Å². The van der Waals surface area contributed by atoms with Crippen LogP contribution in [-0.4, -0.2) is 9.55 Å². The van der Waals surface area contributed by atoms with Gasteiger partial charge in [-0.1, -0.05) is 6.07 Å². The Balaban J connectivity index is 2.06. The SMILES string of the molecule is Cc1ccc(F)c(-n2c(C3CC3)nc3cc(N)ccc32)c1. The first-order valence-electron chi connectivity index (χ1n) is 7.18. The highest BCUT2D eigenvalue weighted by Gasteiger charge is 2.30. The van der Waals surface area contributed by atoms with Crippen LogP contribution in [0.4, 0.5) is 10.1 Å². The Labute approximate surface area is 122 Å². The summed E-state index contributed by atoms with van der Waals surface area (Å²) in [5, 5.41) is 0. The standard InChI is InChI=1S/C17H16FN3/c1-10-2-6-13(18)16(8-10)21-15-7-5-12(19)9-14(15)20-17(21)11-3-4-11/h2,5-9,11H,3-4,19H2,1H3. The summed E-state index contributed by atoms with van der Waals surface area (Å²) in [5.41, 5.74) is 9.87. The Morgan fingerprint density at radius 2 is 2.00 bits per heavy atom. The molecule has 1 aliphatic carbocycles. The highest BCUT2D eigenvalue weighted by Crippen LogP contribution is 2.42. The molecule has 3 nitrogen and oxygen atoms in total. The van der Waals surface area contributed by atoms with Crippen LogP contribution in [0.1, 0.15) is 30.1 Å². The zero-order chi connectivity index (χ0) is 14.6. The number of imidazole rings is 1. The summed E-state index contributed by atoms with van der Waals surface area (Å²) in [7, 11) is 0. The Morgan fingerprint density at radius 3 is 2.76 bits per heavy atom. The summed E-state index contributed by atoms with van der Waals surface area (Å²) in [6, 6.07) is 10.8. The first kappa shape index (κ1) is 12.4. The van der Waals surface area contributed by atoms with Crippen molar-refractivity contribution in [1.82, 2.24) is 9.55 Å². The molecular weight excluding hydrogens is 265 g/mol. The lowest BCUT2D eigenvalue weighted by Crippen LogP contribution is -2.03. The lowest BCUT2D eigenvalue weighted by molar-refractivity contribution is 0.616. The van der Waals surface area contributed by atoms with Gasteiger partial charge in [0, 0.05) is 11.6 Å².